The molecule has 3 heterocycles. The maximum atomic E-state index is 13.4. The van der Waals surface area contributed by atoms with Crippen molar-refractivity contribution in [3.63, 3.8) is 0 Å². The Morgan fingerprint density at radius 1 is 1.22 bits per heavy atom. The third-order valence-electron chi connectivity index (χ3n) is 5.11. The zero-order chi connectivity index (χ0) is 19.3. The highest BCUT2D eigenvalue weighted by molar-refractivity contribution is 6.07. The lowest BCUT2D eigenvalue weighted by molar-refractivity contribution is -0.143. The molecule has 0 radical (unpaired) electrons. The molecule has 1 N–H and O–H groups in total. The number of benzene rings is 1. The zero-order valence-electron chi connectivity index (χ0n) is 15.4. The molecule has 0 spiro atoms. The van der Waals surface area contributed by atoms with Gasteiger partial charge in [0.1, 0.15) is 0 Å². The maximum Gasteiger partial charge on any atom is 0.331 e. The van der Waals surface area contributed by atoms with E-state index in [1.807, 2.05) is 32.0 Å². The highest BCUT2D eigenvalue weighted by Gasteiger charge is 2.37. The Labute approximate surface area is 156 Å². The van der Waals surface area contributed by atoms with Crippen LogP contribution in [0, 0.1) is 13.8 Å². The van der Waals surface area contributed by atoms with Crippen LogP contribution in [0.3, 0.4) is 0 Å². The van der Waals surface area contributed by atoms with Gasteiger partial charge in [-0.3, -0.25) is 9.48 Å². The number of carboxylic acids is 1. The predicted octanol–water partition coefficient (Wildman–Crippen LogP) is 2.41. The number of carbonyl (C=O) groups is 2. The number of aliphatic carboxylic acids is 1. The van der Waals surface area contributed by atoms with Crippen LogP contribution in [0.1, 0.15) is 38.9 Å². The van der Waals surface area contributed by atoms with Crippen molar-refractivity contribution in [2.24, 2.45) is 7.05 Å². The fourth-order valence-corrected chi connectivity index (χ4v) is 3.94. The highest BCUT2D eigenvalue weighted by Crippen LogP contribution is 2.33. The monoisotopic (exact) mass is 364 g/mol. The number of hydrogen-bond donors (Lipinski definition) is 1. The van der Waals surface area contributed by atoms with Crippen LogP contribution in [0.4, 0.5) is 0 Å². The molecule has 0 aliphatic carbocycles. The van der Waals surface area contributed by atoms with Gasteiger partial charge in [-0.2, -0.15) is 5.10 Å². The van der Waals surface area contributed by atoms with Crippen molar-refractivity contribution in [3.05, 3.63) is 58.4 Å². The quantitative estimate of drug-likeness (QED) is 0.754. The molecule has 1 aliphatic rings. The number of nitrogens with zero attached hydrogens (tertiary/aromatic N) is 4. The Balaban J connectivity index is 1.86. The highest BCUT2D eigenvalue weighted by atomic mass is 16.4. The van der Waals surface area contributed by atoms with Crippen LogP contribution in [0.15, 0.2) is 30.3 Å². The van der Waals surface area contributed by atoms with Gasteiger partial charge in [0.25, 0.3) is 5.91 Å². The van der Waals surface area contributed by atoms with E-state index in [2.05, 4.69) is 10.1 Å². The molecule has 7 heteroatoms. The Hall–Kier alpha value is -3.22. The minimum Gasteiger partial charge on any atom is -0.479 e. The lowest BCUT2D eigenvalue weighted by Gasteiger charge is -2.35. The Morgan fingerprint density at radius 2 is 1.96 bits per heavy atom. The first-order chi connectivity index (χ1) is 12.9. The first-order valence-corrected chi connectivity index (χ1v) is 8.81. The molecule has 3 aromatic rings. The molecule has 2 aromatic heterocycles. The summed E-state index contributed by atoms with van der Waals surface area (Å²) >= 11 is 0. The van der Waals surface area contributed by atoms with Crippen LogP contribution in [0.5, 0.6) is 0 Å². The average molecular weight is 364 g/mol. The summed E-state index contributed by atoms with van der Waals surface area (Å²) in [5.41, 5.74) is 4.12. The summed E-state index contributed by atoms with van der Waals surface area (Å²) in [5.74, 6) is -1.33. The number of aromatic nitrogens is 3. The summed E-state index contributed by atoms with van der Waals surface area (Å²) in [5, 5.41) is 14.9. The van der Waals surface area contributed by atoms with Gasteiger partial charge in [0.05, 0.1) is 16.6 Å². The van der Waals surface area contributed by atoms with Crippen molar-refractivity contribution in [2.75, 3.05) is 6.54 Å². The van der Waals surface area contributed by atoms with Crippen LogP contribution in [0.25, 0.3) is 11.0 Å². The van der Waals surface area contributed by atoms with Gasteiger partial charge < -0.3 is 10.0 Å². The molecule has 7 nitrogen and oxygen atoms in total. The minimum atomic E-state index is -1.03. The lowest BCUT2D eigenvalue weighted by atomic mass is 9.91. The second-order valence-corrected chi connectivity index (χ2v) is 6.91. The summed E-state index contributed by atoms with van der Waals surface area (Å²) in [6, 6.07) is 8.14. The molecule has 0 saturated carbocycles. The third kappa shape index (κ3) is 2.66. The Bertz CT molecular complexity index is 1090. The molecule has 1 unspecified atom stereocenters. The van der Waals surface area contributed by atoms with Crippen molar-refractivity contribution >= 4 is 22.9 Å². The molecule has 138 valence electrons. The second-order valence-electron chi connectivity index (χ2n) is 6.91. The van der Waals surface area contributed by atoms with Crippen LogP contribution < -0.4 is 0 Å². The molecular formula is C20H20N4O3. The number of carboxylic acid groups (broad SMARTS) is 1. The van der Waals surface area contributed by atoms with Crippen LogP contribution in [0.2, 0.25) is 0 Å². The fourth-order valence-electron chi connectivity index (χ4n) is 3.94. The Morgan fingerprint density at radius 3 is 2.70 bits per heavy atom. The minimum absolute atomic E-state index is 0.302. The van der Waals surface area contributed by atoms with Gasteiger partial charge >= 0.3 is 5.97 Å². The number of fused-ring (bicyclic) bond motifs is 2. The number of aryl methyl sites for hydroxylation is 3. The van der Waals surface area contributed by atoms with Crippen molar-refractivity contribution < 1.29 is 14.7 Å². The number of carbonyl (C=O) groups excluding carboxylic acids is 1. The maximum absolute atomic E-state index is 13.4. The van der Waals surface area contributed by atoms with E-state index in [-0.39, 0.29) is 5.91 Å². The summed E-state index contributed by atoms with van der Waals surface area (Å²) < 4.78 is 1.65. The first-order valence-electron chi connectivity index (χ1n) is 8.81. The van der Waals surface area contributed by atoms with Gasteiger partial charge in [-0.15, -0.1) is 0 Å². The smallest absolute Gasteiger partial charge is 0.331 e. The third-order valence-corrected chi connectivity index (χ3v) is 5.11. The fraction of sp³-hybridized carbons (Fsp3) is 0.300. The second kappa shape index (κ2) is 6.19. The van der Waals surface area contributed by atoms with Gasteiger partial charge in [-0.05, 0) is 37.5 Å². The van der Waals surface area contributed by atoms with Crippen molar-refractivity contribution in [1.82, 2.24) is 19.7 Å². The van der Waals surface area contributed by atoms with E-state index in [9.17, 15) is 14.7 Å². The summed E-state index contributed by atoms with van der Waals surface area (Å²) in [4.78, 5) is 31.4. The molecule has 1 amide bonds. The van der Waals surface area contributed by atoms with E-state index < -0.39 is 12.0 Å². The van der Waals surface area contributed by atoms with Gasteiger partial charge in [0.15, 0.2) is 11.7 Å². The number of rotatable bonds is 2. The number of amides is 1. The van der Waals surface area contributed by atoms with E-state index in [0.717, 1.165) is 5.56 Å². The molecule has 4 rings (SSSR count). The van der Waals surface area contributed by atoms with Gasteiger partial charge in [-0.25, -0.2) is 9.78 Å². The summed E-state index contributed by atoms with van der Waals surface area (Å²) in [7, 11) is 1.78. The predicted molar refractivity (Wildman–Crippen MR) is 99.5 cm³/mol. The van der Waals surface area contributed by atoms with Crippen molar-refractivity contribution in [3.8, 4) is 0 Å². The van der Waals surface area contributed by atoms with Crippen molar-refractivity contribution in [2.45, 2.75) is 26.3 Å². The van der Waals surface area contributed by atoms with E-state index in [1.165, 1.54) is 4.90 Å². The van der Waals surface area contributed by atoms with Gasteiger partial charge in [-0.1, -0.05) is 24.3 Å². The molecule has 1 aliphatic heterocycles. The van der Waals surface area contributed by atoms with E-state index in [1.54, 1.807) is 23.9 Å². The standard InChI is InChI=1S/C20H20N4O3/c1-11-10-15(16-12(2)22-23(3)18(16)21-11)19(25)24-9-8-13-6-4-5-7-14(13)17(24)20(26)27/h4-7,10,17H,8-9H2,1-3H3,(H,26,27). The molecule has 0 saturated heterocycles. The first kappa shape index (κ1) is 17.2. The van der Waals surface area contributed by atoms with Crippen LogP contribution in [-0.4, -0.2) is 43.2 Å². The molecule has 0 bridgehead atoms. The van der Waals surface area contributed by atoms with Gasteiger partial charge in [0, 0.05) is 19.3 Å². The molecule has 27 heavy (non-hydrogen) atoms. The zero-order valence-corrected chi connectivity index (χ0v) is 15.4. The summed E-state index contributed by atoms with van der Waals surface area (Å²) in [6.45, 7) is 4.00. The van der Waals surface area contributed by atoms with Crippen LogP contribution in [-0.2, 0) is 18.3 Å². The van der Waals surface area contributed by atoms with E-state index >= 15 is 0 Å². The largest absolute Gasteiger partial charge is 0.479 e. The van der Waals surface area contributed by atoms with E-state index in [4.69, 9.17) is 0 Å². The SMILES string of the molecule is Cc1cc(C(=O)N2CCc3ccccc3C2C(=O)O)c2c(C)nn(C)c2n1. The van der Waals surface area contributed by atoms with Crippen LogP contribution >= 0.6 is 0 Å². The topological polar surface area (TPSA) is 88.3 Å². The van der Waals surface area contributed by atoms with Crippen molar-refractivity contribution in [1.29, 1.82) is 0 Å². The molecule has 1 atom stereocenters. The average Bonchev–Trinajstić information content (AvgIpc) is 2.93. The Kier molecular flexibility index (Phi) is 3.95. The lowest BCUT2D eigenvalue weighted by Crippen LogP contribution is -2.43. The summed E-state index contributed by atoms with van der Waals surface area (Å²) in [6.07, 6.45) is 0.630. The van der Waals surface area contributed by atoms with E-state index in [0.29, 0.717) is 46.5 Å². The number of hydrogen-bond acceptors (Lipinski definition) is 4. The normalized spacial score (nSPS) is 16.4. The molecule has 0 fully saturated rings. The van der Waals surface area contributed by atoms with Gasteiger partial charge in [0.2, 0.25) is 0 Å². The molecular weight excluding hydrogens is 344 g/mol. The number of pyridine rings is 1. The molecule has 1 aromatic carbocycles.